The first-order valence-electron chi connectivity index (χ1n) is 6.09. The molecule has 1 N–H and O–H groups in total. The molecule has 0 spiro atoms. The number of furan rings is 1. The number of hydrogen-bond acceptors (Lipinski definition) is 3. The minimum atomic E-state index is 0.0554. The standard InChI is InChI=1S/C13H19NO3/c1-9-7-12(10(2)17-9)13(16)14-5-3-11(8-14)4-6-15/h7,11,15H,3-6,8H2,1-2H3. The van der Waals surface area contributed by atoms with Crippen molar-refractivity contribution in [3.05, 3.63) is 23.2 Å². The van der Waals surface area contributed by atoms with Gasteiger partial charge in [0.15, 0.2) is 0 Å². The summed E-state index contributed by atoms with van der Waals surface area (Å²) in [6.07, 6.45) is 1.77. The van der Waals surface area contributed by atoms with Crippen molar-refractivity contribution < 1.29 is 14.3 Å². The van der Waals surface area contributed by atoms with Crippen molar-refractivity contribution in [2.24, 2.45) is 5.92 Å². The van der Waals surface area contributed by atoms with E-state index in [9.17, 15) is 4.79 Å². The number of aliphatic hydroxyl groups excluding tert-OH is 1. The van der Waals surface area contributed by atoms with Crippen LogP contribution in [0.25, 0.3) is 0 Å². The molecule has 0 aliphatic carbocycles. The Kier molecular flexibility index (Phi) is 3.52. The lowest BCUT2D eigenvalue weighted by molar-refractivity contribution is 0.0783. The molecule has 0 aromatic carbocycles. The third-order valence-electron chi connectivity index (χ3n) is 3.38. The Morgan fingerprint density at radius 3 is 2.94 bits per heavy atom. The molecule has 0 radical (unpaired) electrons. The van der Waals surface area contributed by atoms with Crippen molar-refractivity contribution >= 4 is 5.91 Å². The lowest BCUT2D eigenvalue weighted by Gasteiger charge is -2.15. The summed E-state index contributed by atoms with van der Waals surface area (Å²) in [4.78, 5) is 14.1. The number of likely N-dealkylation sites (tertiary alicyclic amines) is 1. The number of aliphatic hydroxyl groups is 1. The Morgan fingerprint density at radius 2 is 2.35 bits per heavy atom. The number of amides is 1. The van der Waals surface area contributed by atoms with Crippen molar-refractivity contribution in [2.75, 3.05) is 19.7 Å². The van der Waals surface area contributed by atoms with Crippen LogP contribution in [0.4, 0.5) is 0 Å². The summed E-state index contributed by atoms with van der Waals surface area (Å²) < 4.78 is 5.38. The van der Waals surface area contributed by atoms with Gasteiger partial charge in [0, 0.05) is 19.7 Å². The number of nitrogens with zero attached hydrogens (tertiary/aromatic N) is 1. The predicted molar refractivity (Wildman–Crippen MR) is 63.9 cm³/mol. The van der Waals surface area contributed by atoms with E-state index in [0.29, 0.717) is 17.2 Å². The van der Waals surface area contributed by atoms with Gasteiger partial charge in [0.05, 0.1) is 5.56 Å². The normalized spacial score (nSPS) is 19.9. The minimum Gasteiger partial charge on any atom is -0.466 e. The van der Waals surface area contributed by atoms with Crippen LogP contribution < -0.4 is 0 Å². The van der Waals surface area contributed by atoms with Gasteiger partial charge in [0.1, 0.15) is 11.5 Å². The van der Waals surface area contributed by atoms with Crippen LogP contribution in [0.2, 0.25) is 0 Å². The molecule has 1 amide bonds. The van der Waals surface area contributed by atoms with Crippen LogP contribution in [0.5, 0.6) is 0 Å². The number of rotatable bonds is 3. The van der Waals surface area contributed by atoms with Crippen molar-refractivity contribution in [3.63, 3.8) is 0 Å². The molecule has 94 valence electrons. The summed E-state index contributed by atoms with van der Waals surface area (Å²) >= 11 is 0. The summed E-state index contributed by atoms with van der Waals surface area (Å²) in [5, 5.41) is 8.90. The van der Waals surface area contributed by atoms with Crippen molar-refractivity contribution in [1.82, 2.24) is 4.90 Å². The largest absolute Gasteiger partial charge is 0.466 e. The second kappa shape index (κ2) is 4.92. The molecule has 2 heterocycles. The molecule has 4 nitrogen and oxygen atoms in total. The predicted octanol–water partition coefficient (Wildman–Crippen LogP) is 1.74. The van der Waals surface area contributed by atoms with Gasteiger partial charge >= 0.3 is 0 Å². The lowest BCUT2D eigenvalue weighted by atomic mass is 10.1. The van der Waals surface area contributed by atoms with Gasteiger partial charge in [-0.2, -0.15) is 0 Å². The molecule has 1 aromatic rings. The van der Waals surface area contributed by atoms with Gasteiger partial charge in [0.25, 0.3) is 5.91 Å². The SMILES string of the molecule is Cc1cc(C(=O)N2CCC(CCO)C2)c(C)o1. The van der Waals surface area contributed by atoms with Gasteiger partial charge in [-0.25, -0.2) is 0 Å². The number of aryl methyl sites for hydroxylation is 2. The topological polar surface area (TPSA) is 53.7 Å². The molecule has 1 aliphatic heterocycles. The van der Waals surface area contributed by atoms with E-state index in [2.05, 4.69) is 0 Å². The molecule has 0 bridgehead atoms. The third-order valence-corrected chi connectivity index (χ3v) is 3.38. The quantitative estimate of drug-likeness (QED) is 0.871. The maximum Gasteiger partial charge on any atom is 0.257 e. The highest BCUT2D eigenvalue weighted by molar-refractivity contribution is 5.95. The number of carbonyl (C=O) groups excluding carboxylic acids is 1. The minimum absolute atomic E-state index is 0.0554. The molecule has 1 saturated heterocycles. The fraction of sp³-hybridized carbons (Fsp3) is 0.615. The van der Waals surface area contributed by atoms with E-state index in [0.717, 1.165) is 31.7 Å². The summed E-state index contributed by atoms with van der Waals surface area (Å²) in [6.45, 7) is 5.41. The van der Waals surface area contributed by atoms with Crippen molar-refractivity contribution in [3.8, 4) is 0 Å². The zero-order valence-corrected chi connectivity index (χ0v) is 10.4. The van der Waals surface area contributed by atoms with Crippen LogP contribution in [-0.2, 0) is 0 Å². The summed E-state index contributed by atoms with van der Waals surface area (Å²) in [5.41, 5.74) is 0.673. The molecule has 1 aliphatic rings. The Bertz CT molecular complexity index is 411. The van der Waals surface area contributed by atoms with Crippen LogP contribution in [0.1, 0.15) is 34.7 Å². The maximum atomic E-state index is 12.2. The van der Waals surface area contributed by atoms with Crippen LogP contribution in [0.15, 0.2) is 10.5 Å². The first-order valence-corrected chi connectivity index (χ1v) is 6.09. The fourth-order valence-electron chi connectivity index (χ4n) is 2.45. The highest BCUT2D eigenvalue weighted by Crippen LogP contribution is 2.23. The van der Waals surface area contributed by atoms with E-state index in [1.54, 1.807) is 6.07 Å². The van der Waals surface area contributed by atoms with Gasteiger partial charge in [-0.05, 0) is 38.7 Å². The van der Waals surface area contributed by atoms with E-state index in [1.807, 2.05) is 18.7 Å². The molecular formula is C13H19NO3. The zero-order chi connectivity index (χ0) is 12.4. The van der Waals surface area contributed by atoms with E-state index in [4.69, 9.17) is 9.52 Å². The molecule has 1 aromatic heterocycles. The van der Waals surface area contributed by atoms with Gasteiger partial charge in [-0.3, -0.25) is 4.79 Å². The number of carbonyl (C=O) groups is 1. The van der Waals surface area contributed by atoms with E-state index in [1.165, 1.54) is 0 Å². The van der Waals surface area contributed by atoms with Crippen LogP contribution in [0, 0.1) is 19.8 Å². The summed E-state index contributed by atoms with van der Waals surface area (Å²) in [6, 6.07) is 1.80. The Morgan fingerprint density at radius 1 is 1.59 bits per heavy atom. The van der Waals surface area contributed by atoms with E-state index < -0.39 is 0 Å². The Labute approximate surface area is 101 Å². The van der Waals surface area contributed by atoms with Gasteiger partial charge in [-0.1, -0.05) is 0 Å². The molecule has 1 atom stereocenters. The smallest absolute Gasteiger partial charge is 0.257 e. The number of hydrogen-bond donors (Lipinski definition) is 1. The van der Waals surface area contributed by atoms with Crippen LogP contribution in [-0.4, -0.2) is 35.6 Å². The molecule has 1 fully saturated rings. The molecule has 0 saturated carbocycles. The highest BCUT2D eigenvalue weighted by atomic mass is 16.3. The first-order chi connectivity index (χ1) is 8.11. The zero-order valence-electron chi connectivity index (χ0n) is 10.4. The highest BCUT2D eigenvalue weighted by Gasteiger charge is 2.28. The second-order valence-corrected chi connectivity index (χ2v) is 4.75. The van der Waals surface area contributed by atoms with Crippen LogP contribution in [0.3, 0.4) is 0 Å². The Hall–Kier alpha value is -1.29. The van der Waals surface area contributed by atoms with Crippen LogP contribution >= 0.6 is 0 Å². The first kappa shape index (κ1) is 12.2. The van der Waals surface area contributed by atoms with E-state index in [-0.39, 0.29) is 12.5 Å². The van der Waals surface area contributed by atoms with Gasteiger partial charge in [0.2, 0.25) is 0 Å². The molecule has 4 heteroatoms. The molecule has 17 heavy (non-hydrogen) atoms. The molecule has 1 unspecified atom stereocenters. The van der Waals surface area contributed by atoms with Gasteiger partial charge < -0.3 is 14.4 Å². The average Bonchev–Trinajstić information content (AvgIpc) is 2.85. The summed E-state index contributed by atoms with van der Waals surface area (Å²) in [5.74, 6) is 1.96. The lowest BCUT2D eigenvalue weighted by Crippen LogP contribution is -2.28. The Balaban J connectivity index is 2.04. The molecule has 2 rings (SSSR count). The average molecular weight is 237 g/mol. The summed E-state index contributed by atoms with van der Waals surface area (Å²) in [7, 11) is 0. The second-order valence-electron chi connectivity index (χ2n) is 4.75. The maximum absolute atomic E-state index is 12.2. The molecular weight excluding hydrogens is 218 g/mol. The van der Waals surface area contributed by atoms with Crippen molar-refractivity contribution in [2.45, 2.75) is 26.7 Å². The van der Waals surface area contributed by atoms with Gasteiger partial charge in [-0.15, -0.1) is 0 Å². The fourth-order valence-corrected chi connectivity index (χ4v) is 2.45. The van der Waals surface area contributed by atoms with Crippen molar-refractivity contribution in [1.29, 1.82) is 0 Å². The monoisotopic (exact) mass is 237 g/mol. The van der Waals surface area contributed by atoms with E-state index >= 15 is 0 Å². The third kappa shape index (κ3) is 2.52.